The van der Waals surface area contributed by atoms with Crippen molar-refractivity contribution in [3.63, 3.8) is 0 Å². The van der Waals surface area contributed by atoms with Crippen molar-refractivity contribution in [2.45, 2.75) is 19.3 Å². The van der Waals surface area contributed by atoms with E-state index < -0.39 is 5.76 Å². The monoisotopic (exact) mass is 217 g/mol. The first-order valence-electron chi connectivity index (χ1n) is 5.41. The minimum absolute atomic E-state index is 0.176. The lowest BCUT2D eigenvalue weighted by molar-refractivity contribution is 0.0855. The van der Waals surface area contributed by atoms with E-state index in [2.05, 4.69) is 4.98 Å². The van der Waals surface area contributed by atoms with Gasteiger partial charge in [0.05, 0.1) is 5.52 Å². The summed E-state index contributed by atoms with van der Waals surface area (Å²) in [6.45, 7) is 0. The third-order valence-electron chi connectivity index (χ3n) is 3.18. The van der Waals surface area contributed by atoms with Crippen LogP contribution >= 0.6 is 0 Å². The van der Waals surface area contributed by atoms with Crippen molar-refractivity contribution in [3.05, 3.63) is 34.3 Å². The van der Waals surface area contributed by atoms with Gasteiger partial charge in [-0.15, -0.1) is 0 Å². The summed E-state index contributed by atoms with van der Waals surface area (Å²) in [5, 5.41) is 0. The average molecular weight is 217 g/mol. The molecule has 2 aromatic rings. The molecule has 4 nitrogen and oxygen atoms in total. The number of oxazole rings is 1. The minimum Gasteiger partial charge on any atom is -0.408 e. The lowest BCUT2D eigenvalue weighted by atomic mass is 9.80. The van der Waals surface area contributed by atoms with Crippen LogP contribution in [0.2, 0.25) is 0 Å². The van der Waals surface area contributed by atoms with Crippen LogP contribution in [-0.2, 0) is 0 Å². The Hall–Kier alpha value is -1.84. The molecule has 0 spiro atoms. The van der Waals surface area contributed by atoms with Crippen molar-refractivity contribution >= 4 is 16.9 Å². The third-order valence-corrected chi connectivity index (χ3v) is 3.18. The molecule has 16 heavy (non-hydrogen) atoms. The Labute approximate surface area is 91.3 Å². The Bertz CT molecular complexity index is 604. The number of fused-ring (bicyclic) bond motifs is 1. The van der Waals surface area contributed by atoms with Crippen LogP contribution in [0.5, 0.6) is 0 Å². The van der Waals surface area contributed by atoms with Crippen LogP contribution < -0.4 is 5.76 Å². The van der Waals surface area contributed by atoms with Gasteiger partial charge in [-0.3, -0.25) is 9.78 Å². The second kappa shape index (κ2) is 3.33. The van der Waals surface area contributed by atoms with Gasteiger partial charge < -0.3 is 4.42 Å². The Morgan fingerprint density at radius 3 is 2.88 bits per heavy atom. The molecule has 0 atom stereocenters. The van der Waals surface area contributed by atoms with Crippen molar-refractivity contribution in [2.75, 3.05) is 0 Å². The predicted octanol–water partition coefficient (Wildman–Crippen LogP) is 2.10. The molecule has 0 bridgehead atoms. The van der Waals surface area contributed by atoms with E-state index in [1.807, 2.05) is 0 Å². The predicted molar refractivity (Wildman–Crippen MR) is 58.5 cm³/mol. The van der Waals surface area contributed by atoms with E-state index in [4.69, 9.17) is 4.42 Å². The lowest BCUT2D eigenvalue weighted by Gasteiger charge is -2.23. The van der Waals surface area contributed by atoms with E-state index >= 15 is 0 Å². The molecule has 0 radical (unpaired) electrons. The van der Waals surface area contributed by atoms with Gasteiger partial charge in [-0.05, 0) is 31.0 Å². The highest BCUT2D eigenvalue weighted by Crippen LogP contribution is 2.30. The average Bonchev–Trinajstić information content (AvgIpc) is 2.53. The van der Waals surface area contributed by atoms with E-state index in [1.54, 1.807) is 18.2 Å². The van der Waals surface area contributed by atoms with Gasteiger partial charge in [0, 0.05) is 11.5 Å². The summed E-state index contributed by atoms with van der Waals surface area (Å²) in [5.41, 5.74) is 1.75. The molecule has 1 aliphatic rings. The zero-order valence-corrected chi connectivity index (χ0v) is 8.66. The quantitative estimate of drug-likeness (QED) is 0.783. The number of nitrogens with one attached hydrogen (secondary N) is 1. The number of aromatic nitrogens is 1. The number of rotatable bonds is 2. The number of aromatic amines is 1. The van der Waals surface area contributed by atoms with Crippen LogP contribution in [0.15, 0.2) is 27.4 Å². The van der Waals surface area contributed by atoms with Gasteiger partial charge in [-0.1, -0.05) is 6.42 Å². The fourth-order valence-corrected chi connectivity index (χ4v) is 2.01. The number of hydrogen-bond acceptors (Lipinski definition) is 3. The van der Waals surface area contributed by atoms with Gasteiger partial charge in [-0.25, -0.2) is 4.79 Å². The van der Waals surface area contributed by atoms with Gasteiger partial charge in [0.15, 0.2) is 11.4 Å². The van der Waals surface area contributed by atoms with Gasteiger partial charge in [0.1, 0.15) is 0 Å². The van der Waals surface area contributed by atoms with E-state index in [9.17, 15) is 9.59 Å². The molecule has 1 aliphatic carbocycles. The summed E-state index contributed by atoms with van der Waals surface area (Å²) in [6.07, 6.45) is 3.11. The highest BCUT2D eigenvalue weighted by Gasteiger charge is 2.26. The normalized spacial score (nSPS) is 16.2. The summed E-state index contributed by atoms with van der Waals surface area (Å²) in [7, 11) is 0. The largest absolute Gasteiger partial charge is 0.417 e. The van der Waals surface area contributed by atoms with Crippen LogP contribution in [0.25, 0.3) is 11.1 Å². The maximum atomic E-state index is 12.0. The molecule has 1 N–H and O–H groups in total. The van der Waals surface area contributed by atoms with Crippen molar-refractivity contribution in [3.8, 4) is 0 Å². The molecule has 1 saturated carbocycles. The first-order valence-corrected chi connectivity index (χ1v) is 5.41. The molecular weight excluding hydrogens is 206 g/mol. The number of carbonyl (C=O) groups is 1. The van der Waals surface area contributed by atoms with E-state index in [1.165, 1.54) is 0 Å². The van der Waals surface area contributed by atoms with E-state index in [0.717, 1.165) is 19.3 Å². The third kappa shape index (κ3) is 1.38. The number of hydrogen-bond donors (Lipinski definition) is 1. The fourth-order valence-electron chi connectivity index (χ4n) is 2.01. The summed E-state index contributed by atoms with van der Waals surface area (Å²) < 4.78 is 4.88. The molecule has 1 aromatic carbocycles. The Kier molecular flexibility index (Phi) is 1.96. The van der Waals surface area contributed by atoms with Crippen molar-refractivity contribution in [1.29, 1.82) is 0 Å². The molecular formula is C12H11NO3. The van der Waals surface area contributed by atoms with Gasteiger partial charge >= 0.3 is 5.76 Å². The highest BCUT2D eigenvalue weighted by atomic mass is 16.4. The maximum Gasteiger partial charge on any atom is 0.417 e. The van der Waals surface area contributed by atoms with E-state index in [0.29, 0.717) is 16.7 Å². The lowest BCUT2D eigenvalue weighted by Crippen LogP contribution is -2.21. The summed E-state index contributed by atoms with van der Waals surface area (Å²) in [5.74, 6) is -0.130. The fraction of sp³-hybridized carbons (Fsp3) is 0.333. The van der Waals surface area contributed by atoms with Crippen LogP contribution in [0.4, 0.5) is 0 Å². The molecule has 1 aromatic heterocycles. The summed E-state index contributed by atoms with van der Waals surface area (Å²) >= 11 is 0. The number of benzene rings is 1. The summed E-state index contributed by atoms with van der Waals surface area (Å²) in [4.78, 5) is 25.5. The zero-order valence-electron chi connectivity index (χ0n) is 8.66. The maximum absolute atomic E-state index is 12.0. The first-order chi connectivity index (χ1) is 7.74. The molecule has 0 aliphatic heterocycles. The molecule has 1 fully saturated rings. The van der Waals surface area contributed by atoms with Crippen LogP contribution in [0.3, 0.4) is 0 Å². The molecule has 0 saturated heterocycles. The second-order valence-electron chi connectivity index (χ2n) is 4.22. The Balaban J connectivity index is 2.03. The number of carbonyl (C=O) groups excluding carboxylic acids is 1. The number of ketones is 1. The molecule has 4 heteroatoms. The second-order valence-corrected chi connectivity index (χ2v) is 4.22. The van der Waals surface area contributed by atoms with Crippen LogP contribution in [0, 0.1) is 5.92 Å². The summed E-state index contributed by atoms with van der Waals surface area (Å²) in [6, 6.07) is 5.08. The molecule has 3 rings (SSSR count). The highest BCUT2D eigenvalue weighted by molar-refractivity contribution is 6.00. The number of H-pyrrole nitrogens is 1. The zero-order chi connectivity index (χ0) is 11.1. The van der Waals surface area contributed by atoms with Crippen LogP contribution in [0.1, 0.15) is 29.6 Å². The SMILES string of the molecule is O=C(c1ccc2oc(=O)[nH]c2c1)C1CCC1. The number of Topliss-reactive ketones (excluding diaryl/α,β-unsaturated/α-hetero) is 1. The van der Waals surface area contributed by atoms with Crippen molar-refractivity contribution in [2.24, 2.45) is 5.92 Å². The van der Waals surface area contributed by atoms with Crippen LogP contribution in [-0.4, -0.2) is 10.8 Å². The van der Waals surface area contributed by atoms with Gasteiger partial charge in [-0.2, -0.15) is 0 Å². The van der Waals surface area contributed by atoms with Gasteiger partial charge in [0.25, 0.3) is 0 Å². The molecule has 0 unspecified atom stereocenters. The molecule has 82 valence electrons. The topological polar surface area (TPSA) is 63.1 Å². The minimum atomic E-state index is -0.483. The van der Waals surface area contributed by atoms with Gasteiger partial charge in [0.2, 0.25) is 0 Å². The standard InChI is InChI=1S/C12H11NO3/c14-11(7-2-1-3-7)8-4-5-10-9(6-8)13-12(15)16-10/h4-7H,1-3H2,(H,13,15). The molecule has 0 amide bonds. The molecule has 1 heterocycles. The first kappa shape index (κ1) is 9.39. The van der Waals surface area contributed by atoms with E-state index in [-0.39, 0.29) is 11.7 Å². The van der Waals surface area contributed by atoms with Crippen molar-refractivity contribution in [1.82, 2.24) is 4.98 Å². The Morgan fingerprint density at radius 2 is 2.19 bits per heavy atom. The smallest absolute Gasteiger partial charge is 0.408 e. The van der Waals surface area contributed by atoms with Crippen molar-refractivity contribution < 1.29 is 9.21 Å². The Morgan fingerprint density at radius 1 is 1.38 bits per heavy atom.